The molecular weight excluding hydrogens is 262 g/mol. The maximum Gasteiger partial charge on any atom is 0.220 e. The van der Waals surface area contributed by atoms with E-state index in [2.05, 4.69) is 5.32 Å². The van der Waals surface area contributed by atoms with Crippen molar-refractivity contribution in [3.8, 4) is 0 Å². The van der Waals surface area contributed by atoms with Crippen molar-refractivity contribution in [2.75, 3.05) is 7.11 Å². The number of rotatable bonds is 5. The number of nitrogens with one attached hydrogen (secondary N) is 1. The number of carbonyl (C=O) groups is 1. The summed E-state index contributed by atoms with van der Waals surface area (Å²) >= 11 is 1.67. The van der Waals surface area contributed by atoms with Gasteiger partial charge >= 0.3 is 0 Å². The van der Waals surface area contributed by atoms with Gasteiger partial charge in [-0.1, -0.05) is 6.07 Å². The predicted octanol–water partition coefficient (Wildman–Crippen LogP) is 1.73. The topological polar surface area (TPSA) is 58.6 Å². The molecule has 2 rings (SSSR count). The summed E-state index contributed by atoms with van der Waals surface area (Å²) in [5.41, 5.74) is 0. The van der Waals surface area contributed by atoms with E-state index in [-0.39, 0.29) is 18.1 Å². The molecule has 2 N–H and O–H groups in total. The molecule has 1 heterocycles. The number of ether oxygens (including phenoxy) is 1. The lowest BCUT2D eigenvalue weighted by atomic mass is 9.90. The van der Waals surface area contributed by atoms with Gasteiger partial charge in [0.1, 0.15) is 6.10 Å². The molecule has 19 heavy (non-hydrogen) atoms. The van der Waals surface area contributed by atoms with E-state index in [0.29, 0.717) is 6.42 Å². The third kappa shape index (κ3) is 4.03. The Kier molecular flexibility index (Phi) is 5.36. The fourth-order valence-electron chi connectivity index (χ4n) is 2.52. The molecule has 106 valence electrons. The minimum Gasteiger partial charge on any atom is -0.388 e. The number of carbonyl (C=O) groups excluding carboxylic acids is 1. The Labute approximate surface area is 117 Å². The van der Waals surface area contributed by atoms with Gasteiger partial charge in [0.25, 0.3) is 0 Å². The molecule has 1 aromatic heterocycles. The Hall–Kier alpha value is -0.910. The number of hydrogen-bond acceptors (Lipinski definition) is 4. The monoisotopic (exact) mass is 283 g/mol. The molecule has 5 heteroatoms. The summed E-state index contributed by atoms with van der Waals surface area (Å²) in [6.07, 6.45) is 3.15. The maximum absolute atomic E-state index is 11.9. The average molecular weight is 283 g/mol. The first kappa shape index (κ1) is 14.5. The molecule has 0 aliphatic heterocycles. The van der Waals surface area contributed by atoms with E-state index in [4.69, 9.17) is 4.74 Å². The van der Waals surface area contributed by atoms with E-state index >= 15 is 0 Å². The van der Waals surface area contributed by atoms with Gasteiger partial charge in [-0.15, -0.1) is 11.3 Å². The lowest BCUT2D eigenvalue weighted by molar-refractivity contribution is -0.124. The van der Waals surface area contributed by atoms with Crippen LogP contribution in [0.15, 0.2) is 17.5 Å². The van der Waals surface area contributed by atoms with Crippen LogP contribution < -0.4 is 5.32 Å². The van der Waals surface area contributed by atoms with E-state index in [1.807, 2.05) is 17.5 Å². The molecule has 3 atom stereocenters. The van der Waals surface area contributed by atoms with Crippen molar-refractivity contribution in [1.29, 1.82) is 0 Å². The lowest BCUT2D eigenvalue weighted by Gasteiger charge is -2.34. The van der Waals surface area contributed by atoms with E-state index in [1.54, 1.807) is 18.4 Å². The Balaban J connectivity index is 1.78. The summed E-state index contributed by atoms with van der Waals surface area (Å²) in [5, 5.41) is 15.0. The normalized spacial score (nSPS) is 27.2. The first-order valence-corrected chi connectivity index (χ1v) is 7.61. The number of aliphatic hydroxyl groups excluding tert-OH is 1. The van der Waals surface area contributed by atoms with E-state index in [0.717, 1.165) is 25.7 Å². The van der Waals surface area contributed by atoms with Crippen molar-refractivity contribution in [1.82, 2.24) is 5.32 Å². The standard InChI is InChI=1S/C14H21NO3S/c1-18-12-6-2-5-11(14(12)17)15-13(16)8-7-10-4-3-9-19-10/h3-4,9,11-12,14,17H,2,5-8H2,1H3,(H,15,16)/t11-,12-,14-/m1/s1. The molecule has 1 aliphatic rings. The molecule has 1 aromatic rings. The van der Waals surface area contributed by atoms with E-state index < -0.39 is 6.10 Å². The van der Waals surface area contributed by atoms with Gasteiger partial charge in [-0.05, 0) is 37.1 Å². The minimum absolute atomic E-state index is 0.00852. The Morgan fingerprint density at radius 2 is 2.42 bits per heavy atom. The van der Waals surface area contributed by atoms with Crippen LogP contribution in [-0.4, -0.2) is 36.4 Å². The van der Waals surface area contributed by atoms with Crippen molar-refractivity contribution in [2.45, 2.75) is 50.4 Å². The second-order valence-electron chi connectivity index (χ2n) is 4.95. The van der Waals surface area contributed by atoms with Crippen LogP contribution >= 0.6 is 11.3 Å². The molecule has 4 nitrogen and oxygen atoms in total. The zero-order valence-corrected chi connectivity index (χ0v) is 12.0. The van der Waals surface area contributed by atoms with Crippen LogP contribution in [0.4, 0.5) is 0 Å². The number of hydrogen-bond donors (Lipinski definition) is 2. The summed E-state index contributed by atoms with van der Waals surface area (Å²) in [6.45, 7) is 0. The van der Waals surface area contributed by atoms with Crippen molar-refractivity contribution >= 4 is 17.2 Å². The van der Waals surface area contributed by atoms with Crippen LogP contribution in [-0.2, 0) is 16.0 Å². The third-order valence-corrected chi connectivity index (χ3v) is 4.56. The number of thiophene rings is 1. The SMILES string of the molecule is CO[C@@H]1CCC[C@@H](NC(=O)CCc2cccs2)[C@H]1O. The Bertz CT molecular complexity index is 393. The van der Waals surface area contributed by atoms with Gasteiger partial charge in [0, 0.05) is 18.4 Å². The molecule has 0 radical (unpaired) electrons. The summed E-state index contributed by atoms with van der Waals surface area (Å²) < 4.78 is 5.23. The number of methoxy groups -OCH3 is 1. The molecule has 0 saturated heterocycles. The first-order valence-electron chi connectivity index (χ1n) is 6.73. The number of amides is 1. The predicted molar refractivity (Wildman–Crippen MR) is 75.2 cm³/mol. The highest BCUT2D eigenvalue weighted by molar-refractivity contribution is 7.09. The van der Waals surface area contributed by atoms with E-state index in [9.17, 15) is 9.90 Å². The first-order chi connectivity index (χ1) is 9.20. The van der Waals surface area contributed by atoms with Crippen molar-refractivity contribution < 1.29 is 14.6 Å². The second-order valence-corrected chi connectivity index (χ2v) is 5.98. The van der Waals surface area contributed by atoms with Gasteiger partial charge in [-0.3, -0.25) is 4.79 Å². The van der Waals surface area contributed by atoms with Crippen LogP contribution in [0, 0.1) is 0 Å². The number of aryl methyl sites for hydroxylation is 1. The summed E-state index contributed by atoms with van der Waals surface area (Å²) in [4.78, 5) is 13.1. The molecule has 1 aliphatic carbocycles. The van der Waals surface area contributed by atoms with Gasteiger partial charge in [0.05, 0.1) is 12.1 Å². The van der Waals surface area contributed by atoms with Crippen molar-refractivity contribution in [3.05, 3.63) is 22.4 Å². The Morgan fingerprint density at radius 1 is 1.58 bits per heavy atom. The molecule has 0 aromatic carbocycles. The second kappa shape index (κ2) is 7.03. The molecular formula is C14H21NO3S. The molecule has 0 unspecified atom stereocenters. The van der Waals surface area contributed by atoms with Gasteiger partial charge in [-0.25, -0.2) is 0 Å². The van der Waals surface area contributed by atoms with Crippen LogP contribution in [0.2, 0.25) is 0 Å². The molecule has 1 fully saturated rings. The highest BCUT2D eigenvalue weighted by atomic mass is 32.1. The van der Waals surface area contributed by atoms with Crippen LogP contribution in [0.3, 0.4) is 0 Å². The quantitative estimate of drug-likeness (QED) is 0.865. The molecule has 0 spiro atoms. The lowest BCUT2D eigenvalue weighted by Crippen LogP contribution is -2.51. The van der Waals surface area contributed by atoms with Gasteiger partial charge in [0.15, 0.2) is 0 Å². The zero-order valence-electron chi connectivity index (χ0n) is 11.2. The summed E-state index contributed by atoms with van der Waals surface area (Å²) in [5.74, 6) is 0.00852. The summed E-state index contributed by atoms with van der Waals surface area (Å²) in [7, 11) is 1.61. The molecule has 1 saturated carbocycles. The maximum atomic E-state index is 11.9. The molecule has 0 bridgehead atoms. The van der Waals surface area contributed by atoms with Crippen molar-refractivity contribution in [3.63, 3.8) is 0 Å². The van der Waals surface area contributed by atoms with Gasteiger partial charge in [-0.2, -0.15) is 0 Å². The van der Waals surface area contributed by atoms with Crippen LogP contribution in [0.5, 0.6) is 0 Å². The fraction of sp³-hybridized carbons (Fsp3) is 0.643. The van der Waals surface area contributed by atoms with Crippen molar-refractivity contribution in [2.24, 2.45) is 0 Å². The number of aliphatic hydroxyl groups is 1. The van der Waals surface area contributed by atoms with Crippen LogP contribution in [0.25, 0.3) is 0 Å². The largest absolute Gasteiger partial charge is 0.388 e. The third-order valence-electron chi connectivity index (χ3n) is 3.62. The average Bonchev–Trinajstić information content (AvgIpc) is 2.92. The smallest absolute Gasteiger partial charge is 0.220 e. The summed E-state index contributed by atoms with van der Waals surface area (Å²) in [6, 6.07) is 3.86. The van der Waals surface area contributed by atoms with Gasteiger partial charge in [0.2, 0.25) is 5.91 Å². The highest BCUT2D eigenvalue weighted by Crippen LogP contribution is 2.21. The minimum atomic E-state index is -0.593. The molecule has 1 amide bonds. The Morgan fingerprint density at radius 3 is 3.11 bits per heavy atom. The van der Waals surface area contributed by atoms with Gasteiger partial charge < -0.3 is 15.2 Å². The zero-order chi connectivity index (χ0) is 13.7. The highest BCUT2D eigenvalue weighted by Gasteiger charge is 2.32. The van der Waals surface area contributed by atoms with E-state index in [1.165, 1.54) is 4.88 Å². The van der Waals surface area contributed by atoms with Crippen LogP contribution in [0.1, 0.15) is 30.6 Å². The fourth-order valence-corrected chi connectivity index (χ4v) is 3.23.